The molecule has 0 atom stereocenters. The molecule has 0 aromatic heterocycles. The molecule has 0 heterocycles. The number of hydrogen-bond donors (Lipinski definition) is 3. The van der Waals surface area contributed by atoms with E-state index in [-0.39, 0.29) is 12.2 Å². The summed E-state index contributed by atoms with van der Waals surface area (Å²) in [6, 6.07) is 4.27. The van der Waals surface area contributed by atoms with Gasteiger partial charge in [0.1, 0.15) is 5.75 Å². The summed E-state index contributed by atoms with van der Waals surface area (Å²) < 4.78 is 5.22. The third-order valence-electron chi connectivity index (χ3n) is 1.82. The van der Waals surface area contributed by atoms with Crippen molar-refractivity contribution in [2.24, 2.45) is 0 Å². The van der Waals surface area contributed by atoms with Crippen LogP contribution in [0, 0.1) is 0 Å². The van der Waals surface area contributed by atoms with Crippen LogP contribution < -0.4 is 10.5 Å². The number of rotatable bonds is 5. The van der Waals surface area contributed by atoms with Gasteiger partial charge in [0, 0.05) is 13.0 Å². The second kappa shape index (κ2) is 5.21. The molecule has 0 aliphatic carbocycles. The summed E-state index contributed by atoms with van der Waals surface area (Å²) >= 11 is 0. The van der Waals surface area contributed by atoms with Crippen molar-refractivity contribution in [1.82, 2.24) is 0 Å². The summed E-state index contributed by atoms with van der Waals surface area (Å²) in [4.78, 5) is 10.7. The molecule has 0 saturated carbocycles. The summed E-state index contributed by atoms with van der Waals surface area (Å²) in [7, 11) is 0. The molecule has 1 aromatic carbocycles. The predicted molar refractivity (Wildman–Crippen MR) is 55.0 cm³/mol. The first-order valence-corrected chi connectivity index (χ1v) is 4.51. The van der Waals surface area contributed by atoms with Crippen molar-refractivity contribution in [2.75, 3.05) is 18.9 Å². The molecule has 0 amide bonds. The molecule has 82 valence electrons. The van der Waals surface area contributed by atoms with Crippen LogP contribution in [0.4, 0.5) is 5.69 Å². The number of nitrogen functional groups attached to an aromatic ring is 1. The van der Waals surface area contributed by atoms with Gasteiger partial charge in [0.15, 0.2) is 0 Å². The largest absolute Gasteiger partial charge is 0.491 e. The van der Waals surface area contributed by atoms with Crippen LogP contribution >= 0.6 is 0 Å². The van der Waals surface area contributed by atoms with E-state index in [1.54, 1.807) is 0 Å². The second-order valence-corrected chi connectivity index (χ2v) is 2.98. The van der Waals surface area contributed by atoms with Crippen LogP contribution in [0.2, 0.25) is 0 Å². The van der Waals surface area contributed by atoms with E-state index in [9.17, 15) is 4.79 Å². The van der Waals surface area contributed by atoms with Crippen molar-refractivity contribution >= 4 is 11.7 Å². The average molecular weight is 211 g/mol. The highest BCUT2D eigenvalue weighted by atomic mass is 16.5. The van der Waals surface area contributed by atoms with Crippen molar-refractivity contribution in [3.63, 3.8) is 0 Å². The van der Waals surface area contributed by atoms with Crippen LogP contribution in [-0.4, -0.2) is 29.4 Å². The van der Waals surface area contributed by atoms with E-state index >= 15 is 0 Å². The summed E-state index contributed by atoms with van der Waals surface area (Å²) in [5.74, 6) is -0.689. The Balaban J connectivity index is 2.76. The Morgan fingerprint density at radius 3 is 2.80 bits per heavy atom. The minimum atomic E-state index is -1.03. The number of aliphatic hydroxyl groups excluding tert-OH is 1. The monoisotopic (exact) mass is 211 g/mol. The number of hydrogen-bond acceptors (Lipinski definition) is 4. The average Bonchev–Trinajstić information content (AvgIpc) is 2.20. The molecule has 5 nitrogen and oxygen atoms in total. The van der Waals surface area contributed by atoms with Gasteiger partial charge >= 0.3 is 5.97 Å². The number of carboxylic acids is 1. The minimum absolute atomic E-state index is 0.0263. The Morgan fingerprint density at radius 2 is 2.20 bits per heavy atom. The molecule has 1 rings (SSSR count). The zero-order chi connectivity index (χ0) is 11.3. The Kier molecular flexibility index (Phi) is 3.93. The lowest BCUT2D eigenvalue weighted by Gasteiger charge is -2.08. The lowest BCUT2D eigenvalue weighted by Crippen LogP contribution is -2.04. The van der Waals surface area contributed by atoms with E-state index in [1.165, 1.54) is 18.2 Å². The van der Waals surface area contributed by atoms with Crippen LogP contribution in [0.25, 0.3) is 0 Å². The molecule has 0 aliphatic rings. The summed E-state index contributed by atoms with van der Waals surface area (Å²) in [5.41, 5.74) is 6.11. The molecule has 0 aliphatic heterocycles. The van der Waals surface area contributed by atoms with Crippen molar-refractivity contribution in [3.05, 3.63) is 23.8 Å². The van der Waals surface area contributed by atoms with E-state index in [0.717, 1.165) is 0 Å². The molecule has 4 N–H and O–H groups in total. The molecule has 15 heavy (non-hydrogen) atoms. The van der Waals surface area contributed by atoms with Gasteiger partial charge in [-0.05, 0) is 18.2 Å². The fourth-order valence-electron chi connectivity index (χ4n) is 1.04. The number of nitrogens with two attached hydrogens (primary N) is 1. The molecule has 0 fully saturated rings. The highest BCUT2D eigenvalue weighted by molar-refractivity contribution is 5.89. The third kappa shape index (κ3) is 3.14. The molecule has 1 aromatic rings. The van der Waals surface area contributed by atoms with Crippen molar-refractivity contribution in [1.29, 1.82) is 0 Å². The van der Waals surface area contributed by atoms with Crippen LogP contribution in [0.15, 0.2) is 18.2 Å². The number of benzene rings is 1. The highest BCUT2D eigenvalue weighted by Gasteiger charge is 2.07. The lowest BCUT2D eigenvalue weighted by molar-refractivity contribution is 0.0696. The standard InChI is InChI=1S/C10H13NO4/c11-8-3-2-7(10(13)14)6-9(8)15-5-1-4-12/h2-3,6,12H,1,4-5,11H2,(H,13,14). The molecule has 0 bridgehead atoms. The van der Waals surface area contributed by atoms with Crippen molar-refractivity contribution < 1.29 is 19.7 Å². The van der Waals surface area contributed by atoms with Gasteiger partial charge in [-0.2, -0.15) is 0 Å². The maximum Gasteiger partial charge on any atom is 0.335 e. The number of aliphatic hydroxyl groups is 1. The van der Waals surface area contributed by atoms with Gasteiger partial charge < -0.3 is 20.7 Å². The molecular weight excluding hydrogens is 198 g/mol. The number of aromatic carboxylic acids is 1. The Bertz CT molecular complexity index is 351. The fourth-order valence-corrected chi connectivity index (χ4v) is 1.04. The van der Waals surface area contributed by atoms with Gasteiger partial charge in [0.25, 0.3) is 0 Å². The van der Waals surface area contributed by atoms with E-state index in [4.69, 9.17) is 20.7 Å². The van der Waals surface area contributed by atoms with Gasteiger partial charge in [-0.25, -0.2) is 4.79 Å². The van der Waals surface area contributed by atoms with Crippen LogP contribution in [-0.2, 0) is 0 Å². The molecular formula is C10H13NO4. The minimum Gasteiger partial charge on any atom is -0.491 e. The molecule has 0 unspecified atom stereocenters. The lowest BCUT2D eigenvalue weighted by atomic mass is 10.2. The first-order valence-electron chi connectivity index (χ1n) is 4.51. The maximum atomic E-state index is 10.7. The highest BCUT2D eigenvalue weighted by Crippen LogP contribution is 2.22. The SMILES string of the molecule is Nc1ccc(C(=O)O)cc1OCCCO. The van der Waals surface area contributed by atoms with Crippen LogP contribution in [0.5, 0.6) is 5.75 Å². The maximum absolute atomic E-state index is 10.7. The van der Waals surface area contributed by atoms with E-state index in [1.807, 2.05) is 0 Å². The summed E-state index contributed by atoms with van der Waals surface area (Å²) in [5, 5.41) is 17.3. The first-order chi connectivity index (χ1) is 7.15. The second-order valence-electron chi connectivity index (χ2n) is 2.98. The summed E-state index contributed by atoms with van der Waals surface area (Å²) in [6.07, 6.45) is 0.483. The van der Waals surface area contributed by atoms with Crippen molar-refractivity contribution in [3.8, 4) is 5.75 Å². The number of carbonyl (C=O) groups is 1. The zero-order valence-corrected chi connectivity index (χ0v) is 8.14. The molecule has 5 heteroatoms. The molecule has 0 spiro atoms. The summed E-state index contributed by atoms with van der Waals surface area (Å²) in [6.45, 7) is 0.336. The quantitative estimate of drug-likeness (QED) is 0.493. The van der Waals surface area contributed by atoms with Gasteiger partial charge in [0.2, 0.25) is 0 Å². The number of carboxylic acid groups (broad SMARTS) is 1. The topological polar surface area (TPSA) is 92.8 Å². The van der Waals surface area contributed by atoms with Crippen LogP contribution in [0.3, 0.4) is 0 Å². The van der Waals surface area contributed by atoms with Crippen molar-refractivity contribution in [2.45, 2.75) is 6.42 Å². The molecule has 0 radical (unpaired) electrons. The third-order valence-corrected chi connectivity index (χ3v) is 1.82. The fraction of sp³-hybridized carbons (Fsp3) is 0.300. The number of anilines is 1. The number of ether oxygens (including phenoxy) is 1. The van der Waals surface area contributed by atoms with Gasteiger partial charge in [0.05, 0.1) is 17.9 Å². The Morgan fingerprint density at radius 1 is 1.47 bits per heavy atom. The van der Waals surface area contributed by atoms with E-state index in [0.29, 0.717) is 24.5 Å². The normalized spacial score (nSPS) is 9.93. The van der Waals surface area contributed by atoms with Gasteiger partial charge in [-0.1, -0.05) is 0 Å². The first kappa shape index (κ1) is 11.3. The Labute approximate surface area is 87.1 Å². The predicted octanol–water partition coefficient (Wildman–Crippen LogP) is 0.728. The smallest absolute Gasteiger partial charge is 0.335 e. The van der Waals surface area contributed by atoms with E-state index in [2.05, 4.69) is 0 Å². The van der Waals surface area contributed by atoms with E-state index < -0.39 is 5.97 Å². The zero-order valence-electron chi connectivity index (χ0n) is 8.14. The van der Waals surface area contributed by atoms with Gasteiger partial charge in [-0.15, -0.1) is 0 Å². The Hall–Kier alpha value is -1.75. The molecule has 0 saturated heterocycles. The van der Waals surface area contributed by atoms with Gasteiger partial charge in [-0.3, -0.25) is 0 Å². The van der Waals surface area contributed by atoms with Crippen LogP contribution in [0.1, 0.15) is 16.8 Å².